The molecular weight excluding hydrogens is 276 g/mol. The Morgan fingerprint density at radius 2 is 2.05 bits per heavy atom. The van der Waals surface area contributed by atoms with Crippen LogP contribution < -0.4 is 4.90 Å². The lowest BCUT2D eigenvalue weighted by Crippen LogP contribution is -2.38. The molecular formula is C15H17ClN2O2. The van der Waals surface area contributed by atoms with Crippen molar-refractivity contribution in [2.45, 2.75) is 20.8 Å². The van der Waals surface area contributed by atoms with Crippen LogP contribution in [0.4, 0.5) is 5.82 Å². The molecule has 0 saturated heterocycles. The average Bonchev–Trinajstić information content (AvgIpc) is 2.82. The Kier molecular flexibility index (Phi) is 4.14. The molecule has 20 heavy (non-hydrogen) atoms. The fraction of sp³-hybridized carbons (Fsp3) is 0.333. The summed E-state index contributed by atoms with van der Waals surface area (Å²) in [5, 5.41) is 0.199. The van der Waals surface area contributed by atoms with E-state index < -0.39 is 0 Å². The van der Waals surface area contributed by atoms with Crippen molar-refractivity contribution >= 4 is 23.3 Å². The Labute approximate surface area is 123 Å². The molecule has 0 spiro atoms. The summed E-state index contributed by atoms with van der Waals surface area (Å²) in [5.74, 6) is 0.565. The molecule has 106 valence electrons. The van der Waals surface area contributed by atoms with Crippen molar-refractivity contribution in [2.24, 2.45) is 5.41 Å². The highest BCUT2D eigenvalue weighted by Crippen LogP contribution is 2.23. The highest BCUT2D eigenvalue weighted by Gasteiger charge is 2.26. The molecule has 2 aromatic rings. The zero-order valence-electron chi connectivity index (χ0n) is 11.8. The summed E-state index contributed by atoms with van der Waals surface area (Å²) < 4.78 is 5.21. The molecule has 1 amide bonds. The summed E-state index contributed by atoms with van der Waals surface area (Å²) in [6, 6.07) is 8.59. The SMILES string of the molecule is CC(C)(C)CN(C(=O)c1ccc(Cl)o1)c1ccccn1. The molecule has 0 fully saturated rings. The third-order valence-corrected chi connectivity index (χ3v) is 2.79. The van der Waals surface area contributed by atoms with Gasteiger partial charge >= 0.3 is 0 Å². The van der Waals surface area contributed by atoms with Gasteiger partial charge < -0.3 is 4.42 Å². The first-order valence-corrected chi connectivity index (χ1v) is 6.73. The van der Waals surface area contributed by atoms with Crippen LogP contribution in [0.2, 0.25) is 5.22 Å². The fourth-order valence-corrected chi connectivity index (χ4v) is 1.95. The van der Waals surface area contributed by atoms with Gasteiger partial charge in [0.1, 0.15) is 5.82 Å². The minimum absolute atomic E-state index is 0.0659. The molecule has 0 atom stereocenters. The van der Waals surface area contributed by atoms with Crippen molar-refractivity contribution < 1.29 is 9.21 Å². The monoisotopic (exact) mass is 292 g/mol. The summed E-state index contributed by atoms with van der Waals surface area (Å²) in [4.78, 5) is 18.4. The van der Waals surface area contributed by atoms with Crippen molar-refractivity contribution in [2.75, 3.05) is 11.4 Å². The van der Waals surface area contributed by atoms with Gasteiger partial charge in [0.25, 0.3) is 5.91 Å². The number of nitrogens with zero attached hydrogens (tertiary/aromatic N) is 2. The normalized spacial score (nSPS) is 11.4. The van der Waals surface area contributed by atoms with Crippen LogP contribution in [0.15, 0.2) is 40.9 Å². The van der Waals surface area contributed by atoms with Gasteiger partial charge in [-0.25, -0.2) is 4.98 Å². The van der Waals surface area contributed by atoms with Crippen LogP contribution in [0.3, 0.4) is 0 Å². The smallest absolute Gasteiger partial charge is 0.295 e. The molecule has 0 N–H and O–H groups in total. The zero-order valence-corrected chi connectivity index (χ0v) is 12.5. The Bertz CT molecular complexity index is 587. The van der Waals surface area contributed by atoms with E-state index in [4.69, 9.17) is 16.0 Å². The quantitative estimate of drug-likeness (QED) is 0.858. The van der Waals surface area contributed by atoms with Gasteiger partial charge in [0.2, 0.25) is 0 Å². The molecule has 0 aromatic carbocycles. The second kappa shape index (κ2) is 5.67. The van der Waals surface area contributed by atoms with E-state index in [1.54, 1.807) is 29.3 Å². The van der Waals surface area contributed by atoms with E-state index in [9.17, 15) is 4.79 Å². The fourth-order valence-electron chi connectivity index (χ4n) is 1.81. The van der Waals surface area contributed by atoms with Crippen LogP contribution in [0.25, 0.3) is 0 Å². The van der Waals surface area contributed by atoms with E-state index in [2.05, 4.69) is 25.8 Å². The van der Waals surface area contributed by atoms with Crippen LogP contribution in [0.1, 0.15) is 31.3 Å². The standard InChI is InChI=1S/C15H17ClN2O2/c1-15(2,3)10-18(13-6-4-5-9-17-13)14(19)11-7-8-12(16)20-11/h4-9H,10H2,1-3H3. The molecule has 4 nitrogen and oxygen atoms in total. The predicted octanol–water partition coefficient (Wildman–Crippen LogP) is 4.02. The van der Waals surface area contributed by atoms with Gasteiger partial charge in [-0.15, -0.1) is 0 Å². The second-order valence-electron chi connectivity index (χ2n) is 5.74. The summed E-state index contributed by atoms with van der Waals surface area (Å²) in [7, 11) is 0. The number of carbonyl (C=O) groups excluding carboxylic acids is 1. The minimum Gasteiger partial charge on any atom is -0.440 e. The van der Waals surface area contributed by atoms with Gasteiger partial charge in [0.05, 0.1) is 0 Å². The summed E-state index contributed by atoms with van der Waals surface area (Å²) >= 11 is 5.74. The zero-order chi connectivity index (χ0) is 14.8. The maximum absolute atomic E-state index is 12.6. The number of hydrogen-bond donors (Lipinski definition) is 0. The Morgan fingerprint density at radius 1 is 1.30 bits per heavy atom. The number of anilines is 1. The van der Waals surface area contributed by atoms with Gasteiger partial charge in [-0.3, -0.25) is 9.69 Å². The largest absolute Gasteiger partial charge is 0.440 e. The highest BCUT2D eigenvalue weighted by molar-refractivity contribution is 6.29. The van der Waals surface area contributed by atoms with Crippen LogP contribution in [0.5, 0.6) is 0 Å². The first kappa shape index (κ1) is 14.6. The third kappa shape index (κ3) is 3.61. The number of rotatable bonds is 3. The number of halogens is 1. The maximum atomic E-state index is 12.6. The molecule has 5 heteroatoms. The van der Waals surface area contributed by atoms with Crippen molar-refractivity contribution in [3.8, 4) is 0 Å². The van der Waals surface area contributed by atoms with Crippen molar-refractivity contribution in [1.82, 2.24) is 4.98 Å². The van der Waals surface area contributed by atoms with E-state index >= 15 is 0 Å². The lowest BCUT2D eigenvalue weighted by molar-refractivity contribution is 0.0950. The maximum Gasteiger partial charge on any atom is 0.295 e. The number of hydrogen-bond acceptors (Lipinski definition) is 3. The number of pyridine rings is 1. The van der Waals surface area contributed by atoms with Gasteiger partial charge in [-0.2, -0.15) is 0 Å². The lowest BCUT2D eigenvalue weighted by Gasteiger charge is -2.28. The lowest BCUT2D eigenvalue weighted by atomic mass is 9.96. The van der Waals surface area contributed by atoms with Gasteiger partial charge in [-0.05, 0) is 41.3 Å². The number of furan rings is 1. The molecule has 2 heterocycles. The van der Waals surface area contributed by atoms with Crippen molar-refractivity contribution in [1.29, 1.82) is 0 Å². The first-order valence-electron chi connectivity index (χ1n) is 6.35. The third-order valence-electron chi connectivity index (χ3n) is 2.59. The van der Waals surface area contributed by atoms with E-state index in [1.165, 1.54) is 0 Å². The van der Waals surface area contributed by atoms with E-state index in [0.29, 0.717) is 12.4 Å². The van der Waals surface area contributed by atoms with Crippen molar-refractivity contribution in [3.05, 3.63) is 47.5 Å². The van der Waals surface area contributed by atoms with Crippen LogP contribution in [-0.2, 0) is 0 Å². The number of carbonyl (C=O) groups is 1. The van der Waals surface area contributed by atoms with Crippen LogP contribution >= 0.6 is 11.6 Å². The number of aromatic nitrogens is 1. The highest BCUT2D eigenvalue weighted by atomic mass is 35.5. The molecule has 2 rings (SSSR count). The number of amides is 1. The molecule has 0 radical (unpaired) electrons. The molecule has 0 saturated carbocycles. The van der Waals surface area contributed by atoms with E-state index in [-0.39, 0.29) is 22.3 Å². The topological polar surface area (TPSA) is 46.3 Å². The van der Waals surface area contributed by atoms with Gasteiger partial charge in [-0.1, -0.05) is 26.8 Å². The van der Waals surface area contributed by atoms with Crippen LogP contribution in [-0.4, -0.2) is 17.4 Å². The first-order chi connectivity index (χ1) is 9.37. The van der Waals surface area contributed by atoms with Crippen molar-refractivity contribution in [3.63, 3.8) is 0 Å². The molecule has 0 aliphatic carbocycles. The second-order valence-corrected chi connectivity index (χ2v) is 6.12. The Morgan fingerprint density at radius 3 is 2.55 bits per heavy atom. The minimum atomic E-state index is -0.245. The molecule has 0 unspecified atom stereocenters. The van der Waals surface area contributed by atoms with Gasteiger partial charge in [0.15, 0.2) is 11.0 Å². The molecule has 0 bridgehead atoms. The summed E-state index contributed by atoms with van der Waals surface area (Å²) in [6.07, 6.45) is 1.66. The molecule has 0 aliphatic heterocycles. The molecule has 2 aromatic heterocycles. The summed E-state index contributed by atoms with van der Waals surface area (Å²) in [6.45, 7) is 6.71. The average molecular weight is 293 g/mol. The van der Waals surface area contributed by atoms with Crippen LogP contribution in [0, 0.1) is 5.41 Å². The van der Waals surface area contributed by atoms with Gasteiger partial charge in [0, 0.05) is 12.7 Å². The Hall–Kier alpha value is -1.81. The summed E-state index contributed by atoms with van der Waals surface area (Å²) in [5.41, 5.74) is -0.0659. The van der Waals surface area contributed by atoms with E-state index in [0.717, 1.165) is 0 Å². The van der Waals surface area contributed by atoms with E-state index in [1.807, 2.05) is 12.1 Å². The Balaban J connectivity index is 2.34. The molecule has 0 aliphatic rings. The predicted molar refractivity (Wildman–Crippen MR) is 79.1 cm³/mol.